The molecule has 2 atom stereocenters. The fourth-order valence-corrected chi connectivity index (χ4v) is 2.29. The van der Waals surface area contributed by atoms with Gasteiger partial charge in [-0.25, -0.2) is 0 Å². The number of hydrazone groups is 1. The van der Waals surface area contributed by atoms with Crippen molar-refractivity contribution in [2.24, 2.45) is 11.0 Å². The van der Waals surface area contributed by atoms with Gasteiger partial charge in [-0.2, -0.15) is 18.3 Å². The molecule has 0 spiro atoms. The van der Waals surface area contributed by atoms with Gasteiger partial charge in [0.25, 0.3) is 0 Å². The molecule has 0 bridgehead atoms. The van der Waals surface area contributed by atoms with Crippen molar-refractivity contribution in [1.82, 2.24) is 0 Å². The summed E-state index contributed by atoms with van der Waals surface area (Å²) in [5, 5.41) is 22.7. The molecule has 1 aliphatic rings. The number of anilines is 1. The van der Waals surface area contributed by atoms with Crippen LogP contribution in [-0.4, -0.2) is 34.1 Å². The highest BCUT2D eigenvalue weighted by molar-refractivity contribution is 5.95. The van der Waals surface area contributed by atoms with Gasteiger partial charge in [0, 0.05) is 5.92 Å². The van der Waals surface area contributed by atoms with E-state index in [1.165, 1.54) is 31.2 Å². The number of phenols is 1. The van der Waals surface area contributed by atoms with Crippen molar-refractivity contribution in [3.63, 3.8) is 0 Å². The summed E-state index contributed by atoms with van der Waals surface area (Å²) >= 11 is 0. The van der Waals surface area contributed by atoms with E-state index in [2.05, 4.69) is 5.10 Å². The lowest BCUT2D eigenvalue weighted by molar-refractivity contribution is -0.137. The van der Waals surface area contributed by atoms with Crippen molar-refractivity contribution >= 4 is 17.4 Å². The molecule has 0 radical (unpaired) electrons. The molecule has 0 saturated carbocycles. The molecule has 8 heteroatoms. The van der Waals surface area contributed by atoms with Gasteiger partial charge >= 0.3 is 12.1 Å². The number of hydrogen-bond acceptors (Lipinski definition) is 4. The average Bonchev–Trinajstić information content (AvgIpc) is 2.67. The third-order valence-electron chi connectivity index (χ3n) is 3.33. The standard InChI is InChI=1S/C13H13F3N2O3/c1-7-10(6-11(20)21)18(17-12(7)13(14,15)16)8-2-4-9(19)5-3-8/h2-5,7,10,19H,6H2,1H3,(H,20,21)/t7-,10-/m0/s1. The van der Waals surface area contributed by atoms with Crippen LogP contribution in [0.1, 0.15) is 13.3 Å². The number of phenolic OH excluding ortho intramolecular Hbond substituents is 1. The van der Waals surface area contributed by atoms with Crippen LogP contribution >= 0.6 is 0 Å². The molecule has 1 aromatic rings. The summed E-state index contributed by atoms with van der Waals surface area (Å²) in [6, 6.07) is 4.46. The van der Waals surface area contributed by atoms with Crippen molar-refractivity contribution < 1.29 is 28.2 Å². The Labute approximate surface area is 118 Å². The molecule has 0 saturated heterocycles. The zero-order chi connectivity index (χ0) is 15.8. The number of aromatic hydroxyl groups is 1. The molecule has 0 fully saturated rings. The Morgan fingerprint density at radius 2 is 1.90 bits per heavy atom. The van der Waals surface area contributed by atoms with Crippen LogP contribution in [0.3, 0.4) is 0 Å². The molecule has 2 N–H and O–H groups in total. The molecule has 0 aromatic heterocycles. The SMILES string of the molecule is C[C@@H]1C(C(F)(F)F)=NN(c2ccc(O)cc2)[C@H]1CC(=O)O. The van der Waals surface area contributed by atoms with Gasteiger partial charge in [0.2, 0.25) is 0 Å². The number of halogens is 3. The van der Waals surface area contributed by atoms with Crippen molar-refractivity contribution in [2.45, 2.75) is 25.6 Å². The number of rotatable bonds is 3. The van der Waals surface area contributed by atoms with E-state index in [-0.39, 0.29) is 5.75 Å². The minimum Gasteiger partial charge on any atom is -0.508 e. The summed E-state index contributed by atoms with van der Waals surface area (Å²) in [5.74, 6) is -2.30. The Balaban J connectivity index is 2.40. The third-order valence-corrected chi connectivity index (χ3v) is 3.33. The molecule has 0 aliphatic carbocycles. The van der Waals surface area contributed by atoms with Gasteiger partial charge in [-0.3, -0.25) is 9.80 Å². The van der Waals surface area contributed by atoms with Crippen LogP contribution in [0.4, 0.5) is 18.9 Å². The second-order valence-corrected chi connectivity index (χ2v) is 4.80. The number of hydrogen-bond donors (Lipinski definition) is 2. The molecule has 1 aliphatic heterocycles. The molecule has 0 unspecified atom stereocenters. The summed E-state index contributed by atoms with van der Waals surface area (Å²) < 4.78 is 38.8. The predicted octanol–water partition coefficient (Wildman–Crippen LogP) is 2.61. The highest BCUT2D eigenvalue weighted by atomic mass is 19.4. The van der Waals surface area contributed by atoms with Crippen LogP contribution < -0.4 is 5.01 Å². The quantitative estimate of drug-likeness (QED) is 0.900. The van der Waals surface area contributed by atoms with Crippen LogP contribution in [0, 0.1) is 5.92 Å². The largest absolute Gasteiger partial charge is 0.508 e. The van der Waals surface area contributed by atoms with E-state index in [0.29, 0.717) is 5.69 Å². The van der Waals surface area contributed by atoms with Gasteiger partial charge in [-0.15, -0.1) is 0 Å². The topological polar surface area (TPSA) is 73.1 Å². The van der Waals surface area contributed by atoms with E-state index in [9.17, 15) is 23.1 Å². The Kier molecular flexibility index (Phi) is 3.80. The number of carbonyl (C=O) groups is 1. The summed E-state index contributed by atoms with van der Waals surface area (Å²) in [7, 11) is 0. The fraction of sp³-hybridized carbons (Fsp3) is 0.385. The van der Waals surface area contributed by atoms with E-state index in [0.717, 1.165) is 5.01 Å². The van der Waals surface area contributed by atoms with Gasteiger partial charge in [-0.1, -0.05) is 6.92 Å². The second kappa shape index (κ2) is 5.27. The van der Waals surface area contributed by atoms with E-state index in [1.54, 1.807) is 0 Å². The van der Waals surface area contributed by atoms with Gasteiger partial charge in [0.1, 0.15) is 11.5 Å². The maximum Gasteiger partial charge on any atom is 0.431 e. The monoisotopic (exact) mass is 302 g/mol. The first-order valence-corrected chi connectivity index (χ1v) is 6.16. The normalized spacial score (nSPS) is 22.3. The van der Waals surface area contributed by atoms with E-state index in [1.807, 2.05) is 0 Å². The molecule has 1 heterocycles. The van der Waals surface area contributed by atoms with E-state index < -0.39 is 36.2 Å². The minimum absolute atomic E-state index is 0.0409. The van der Waals surface area contributed by atoms with Gasteiger partial charge in [-0.05, 0) is 24.3 Å². The summed E-state index contributed by atoms with van der Waals surface area (Å²) in [4.78, 5) is 10.9. The maximum absolute atomic E-state index is 12.9. The number of carboxylic acids is 1. The predicted molar refractivity (Wildman–Crippen MR) is 69.3 cm³/mol. The van der Waals surface area contributed by atoms with E-state index in [4.69, 9.17) is 5.11 Å². The number of alkyl halides is 3. The lowest BCUT2D eigenvalue weighted by Gasteiger charge is -2.25. The smallest absolute Gasteiger partial charge is 0.431 e. The Bertz CT molecular complexity index is 569. The number of nitrogens with zero attached hydrogens (tertiary/aromatic N) is 2. The van der Waals surface area contributed by atoms with Gasteiger partial charge in [0.05, 0.1) is 18.2 Å². The second-order valence-electron chi connectivity index (χ2n) is 4.80. The molecular formula is C13H13F3N2O3. The van der Waals surface area contributed by atoms with Crippen molar-refractivity contribution in [3.05, 3.63) is 24.3 Å². The van der Waals surface area contributed by atoms with Crippen LogP contribution in [0.25, 0.3) is 0 Å². The number of carboxylic acid groups (broad SMARTS) is 1. The van der Waals surface area contributed by atoms with Gasteiger partial charge < -0.3 is 10.2 Å². The molecule has 5 nitrogen and oxygen atoms in total. The van der Waals surface area contributed by atoms with Crippen LogP contribution in [-0.2, 0) is 4.79 Å². The molecule has 0 amide bonds. The lowest BCUT2D eigenvalue weighted by atomic mass is 9.94. The van der Waals surface area contributed by atoms with Crippen molar-refractivity contribution in [2.75, 3.05) is 5.01 Å². The lowest BCUT2D eigenvalue weighted by Crippen LogP contribution is -2.36. The number of aliphatic carboxylic acids is 1. The number of benzene rings is 1. The molecule has 114 valence electrons. The zero-order valence-corrected chi connectivity index (χ0v) is 11.0. The van der Waals surface area contributed by atoms with Crippen molar-refractivity contribution in [1.29, 1.82) is 0 Å². The molecule has 21 heavy (non-hydrogen) atoms. The fourth-order valence-electron chi connectivity index (χ4n) is 2.29. The summed E-state index contributed by atoms with van der Waals surface area (Å²) in [5.41, 5.74) is -0.702. The van der Waals surface area contributed by atoms with Crippen LogP contribution in [0.2, 0.25) is 0 Å². The Hall–Kier alpha value is -2.25. The van der Waals surface area contributed by atoms with Gasteiger partial charge in [0.15, 0.2) is 0 Å². The molecule has 2 rings (SSSR count). The molecule has 1 aromatic carbocycles. The Morgan fingerprint density at radius 3 is 2.38 bits per heavy atom. The maximum atomic E-state index is 12.9. The van der Waals surface area contributed by atoms with Crippen molar-refractivity contribution in [3.8, 4) is 5.75 Å². The third kappa shape index (κ3) is 3.09. The zero-order valence-electron chi connectivity index (χ0n) is 11.0. The minimum atomic E-state index is -4.61. The average molecular weight is 302 g/mol. The highest BCUT2D eigenvalue weighted by Crippen LogP contribution is 2.36. The first kappa shape index (κ1) is 15.1. The molecular weight excluding hydrogens is 289 g/mol. The van der Waals surface area contributed by atoms with E-state index >= 15 is 0 Å². The van der Waals surface area contributed by atoms with Crippen LogP contribution in [0.5, 0.6) is 5.75 Å². The first-order valence-electron chi connectivity index (χ1n) is 6.16. The Morgan fingerprint density at radius 1 is 1.33 bits per heavy atom. The highest BCUT2D eigenvalue weighted by Gasteiger charge is 2.48. The summed E-state index contributed by atoms with van der Waals surface area (Å²) in [6.45, 7) is 1.31. The first-order chi connectivity index (χ1) is 9.70. The van der Waals surface area contributed by atoms with Crippen LogP contribution in [0.15, 0.2) is 29.4 Å². The summed E-state index contributed by atoms with van der Waals surface area (Å²) in [6.07, 6.45) is -5.08.